The highest BCUT2D eigenvalue weighted by Gasteiger charge is 2.31. The minimum absolute atomic E-state index is 0.998. The first-order valence-electron chi connectivity index (χ1n) is 5.42. The quantitative estimate of drug-likeness (QED) is 0.478. The number of fused-ring (bicyclic) bond motifs is 1. The van der Waals surface area contributed by atoms with Gasteiger partial charge >= 0.3 is 0 Å². The fourth-order valence-corrected chi connectivity index (χ4v) is 3.05. The maximum Gasteiger partial charge on any atom is -0.0292 e. The van der Waals surface area contributed by atoms with Crippen molar-refractivity contribution in [2.45, 2.75) is 45.4 Å². The maximum absolute atomic E-state index is 4.12. The van der Waals surface area contributed by atoms with Gasteiger partial charge in [0.1, 0.15) is 0 Å². The van der Waals surface area contributed by atoms with Crippen LogP contribution in [0.15, 0.2) is 12.2 Å². The van der Waals surface area contributed by atoms with Crippen LogP contribution in [0.4, 0.5) is 0 Å². The summed E-state index contributed by atoms with van der Waals surface area (Å²) in [6.45, 7) is 6.54. The highest BCUT2D eigenvalue weighted by atomic mass is 14.4. The molecule has 0 saturated heterocycles. The molecule has 0 bridgehead atoms. The summed E-state index contributed by atoms with van der Waals surface area (Å²) < 4.78 is 0. The fourth-order valence-electron chi connectivity index (χ4n) is 3.05. The van der Waals surface area contributed by atoms with Crippen LogP contribution in [-0.2, 0) is 0 Å². The van der Waals surface area contributed by atoms with Gasteiger partial charge in [-0.05, 0) is 49.9 Å². The minimum atomic E-state index is 0.998. The van der Waals surface area contributed by atoms with Crippen LogP contribution in [0.25, 0.3) is 0 Å². The topological polar surface area (TPSA) is 0 Å². The lowest BCUT2D eigenvalue weighted by atomic mass is 9.67. The molecule has 0 N–H and O–H groups in total. The Balaban J connectivity index is 1.98. The molecule has 0 aromatic carbocycles. The smallest absolute Gasteiger partial charge is 0.0292 e. The highest BCUT2D eigenvalue weighted by molar-refractivity contribution is 5.02. The van der Waals surface area contributed by atoms with Gasteiger partial charge in [0.2, 0.25) is 0 Å². The second-order valence-electron chi connectivity index (χ2n) is 4.93. The highest BCUT2D eigenvalue weighted by Crippen LogP contribution is 2.43. The van der Waals surface area contributed by atoms with Crippen LogP contribution < -0.4 is 0 Å². The molecule has 3 atom stereocenters. The van der Waals surface area contributed by atoms with E-state index < -0.39 is 0 Å². The van der Waals surface area contributed by atoms with Crippen molar-refractivity contribution < 1.29 is 0 Å². The third-order valence-electron chi connectivity index (χ3n) is 3.82. The molecular formula is C12H20. The Hall–Kier alpha value is -0.260. The molecule has 68 valence electrons. The molecule has 0 heteroatoms. The Morgan fingerprint density at radius 3 is 2.83 bits per heavy atom. The monoisotopic (exact) mass is 164 g/mol. The Bertz CT molecular complexity index is 180. The lowest BCUT2D eigenvalue weighted by Crippen LogP contribution is -2.27. The van der Waals surface area contributed by atoms with Gasteiger partial charge in [-0.2, -0.15) is 0 Å². The third-order valence-corrected chi connectivity index (χ3v) is 3.82. The second-order valence-corrected chi connectivity index (χ2v) is 4.93. The van der Waals surface area contributed by atoms with Crippen molar-refractivity contribution in [2.75, 3.05) is 0 Å². The summed E-state index contributed by atoms with van der Waals surface area (Å²) in [5, 5.41) is 0. The van der Waals surface area contributed by atoms with Crippen molar-refractivity contribution in [1.82, 2.24) is 0 Å². The van der Waals surface area contributed by atoms with Gasteiger partial charge in [0.05, 0.1) is 0 Å². The number of allylic oxidation sites excluding steroid dienone is 1. The Morgan fingerprint density at radius 1 is 1.17 bits per heavy atom. The third kappa shape index (κ3) is 1.57. The molecule has 2 aliphatic carbocycles. The van der Waals surface area contributed by atoms with Crippen LogP contribution >= 0.6 is 0 Å². The van der Waals surface area contributed by atoms with Crippen LogP contribution in [0.3, 0.4) is 0 Å². The first kappa shape index (κ1) is 8.34. The van der Waals surface area contributed by atoms with E-state index in [4.69, 9.17) is 0 Å². The predicted molar refractivity (Wildman–Crippen MR) is 53.0 cm³/mol. The molecule has 2 rings (SSSR count). The van der Waals surface area contributed by atoms with Crippen LogP contribution in [0.5, 0.6) is 0 Å². The molecule has 3 unspecified atom stereocenters. The van der Waals surface area contributed by atoms with Gasteiger partial charge in [-0.15, -0.1) is 0 Å². The number of rotatable bonds is 0. The van der Waals surface area contributed by atoms with E-state index in [1.54, 1.807) is 0 Å². The zero-order valence-electron chi connectivity index (χ0n) is 8.18. The van der Waals surface area contributed by atoms with Gasteiger partial charge in [-0.1, -0.05) is 25.5 Å². The molecule has 0 nitrogen and oxygen atoms in total. The Morgan fingerprint density at radius 2 is 2.00 bits per heavy atom. The molecule has 0 heterocycles. The van der Waals surface area contributed by atoms with Gasteiger partial charge in [0, 0.05) is 0 Å². The average molecular weight is 164 g/mol. The van der Waals surface area contributed by atoms with Crippen LogP contribution in [0.1, 0.15) is 45.4 Å². The van der Waals surface area contributed by atoms with Crippen molar-refractivity contribution in [3.63, 3.8) is 0 Å². The molecule has 0 aromatic heterocycles. The lowest BCUT2D eigenvalue weighted by Gasteiger charge is -2.39. The summed E-state index contributed by atoms with van der Waals surface area (Å²) in [6, 6.07) is 0. The first-order valence-corrected chi connectivity index (χ1v) is 5.42. The molecule has 12 heavy (non-hydrogen) atoms. The van der Waals surface area contributed by atoms with E-state index in [2.05, 4.69) is 13.5 Å². The summed E-state index contributed by atoms with van der Waals surface area (Å²) >= 11 is 0. The van der Waals surface area contributed by atoms with E-state index in [1.807, 2.05) is 0 Å². The molecule has 0 aromatic rings. The summed E-state index contributed by atoms with van der Waals surface area (Å²) in [7, 11) is 0. The van der Waals surface area contributed by atoms with Crippen LogP contribution in [0.2, 0.25) is 0 Å². The standard InChI is InChI=1S/C12H20/c1-9-3-5-12-8-10(2)4-6-11(12)7-9/h10-12H,1,3-8H2,2H3. The van der Waals surface area contributed by atoms with E-state index >= 15 is 0 Å². The SMILES string of the molecule is C=C1CCC2CC(C)CCC2C1. The lowest BCUT2D eigenvalue weighted by molar-refractivity contribution is 0.159. The van der Waals surface area contributed by atoms with Crippen molar-refractivity contribution >= 4 is 0 Å². The molecule has 0 spiro atoms. The molecular weight excluding hydrogens is 144 g/mol. The Kier molecular flexibility index (Phi) is 2.25. The average Bonchev–Trinajstić information content (AvgIpc) is 2.05. The number of hydrogen-bond acceptors (Lipinski definition) is 0. The van der Waals surface area contributed by atoms with E-state index in [9.17, 15) is 0 Å². The summed E-state index contributed by atoms with van der Waals surface area (Å²) in [6.07, 6.45) is 8.54. The van der Waals surface area contributed by atoms with Crippen LogP contribution in [0, 0.1) is 17.8 Å². The van der Waals surface area contributed by atoms with Crippen molar-refractivity contribution in [1.29, 1.82) is 0 Å². The molecule has 0 radical (unpaired) electrons. The molecule has 2 aliphatic rings. The summed E-state index contributed by atoms with van der Waals surface area (Å²) in [5.74, 6) is 3.07. The fraction of sp³-hybridized carbons (Fsp3) is 0.833. The summed E-state index contributed by atoms with van der Waals surface area (Å²) in [4.78, 5) is 0. The normalized spacial score (nSPS) is 42.4. The van der Waals surface area contributed by atoms with E-state index in [-0.39, 0.29) is 0 Å². The van der Waals surface area contributed by atoms with Crippen molar-refractivity contribution in [3.8, 4) is 0 Å². The van der Waals surface area contributed by atoms with Crippen LogP contribution in [-0.4, -0.2) is 0 Å². The molecule has 0 aliphatic heterocycles. The number of hydrogen-bond donors (Lipinski definition) is 0. The van der Waals surface area contributed by atoms with E-state index in [1.165, 1.54) is 44.1 Å². The summed E-state index contributed by atoms with van der Waals surface area (Å²) in [5.41, 5.74) is 1.52. The molecule has 2 fully saturated rings. The molecule has 2 saturated carbocycles. The zero-order chi connectivity index (χ0) is 8.55. The zero-order valence-corrected chi connectivity index (χ0v) is 8.18. The predicted octanol–water partition coefficient (Wildman–Crippen LogP) is 3.78. The second kappa shape index (κ2) is 3.24. The first-order chi connectivity index (χ1) is 5.75. The van der Waals surface area contributed by atoms with E-state index in [0.29, 0.717) is 0 Å². The van der Waals surface area contributed by atoms with Gasteiger partial charge in [-0.25, -0.2) is 0 Å². The van der Waals surface area contributed by atoms with Gasteiger partial charge < -0.3 is 0 Å². The van der Waals surface area contributed by atoms with Crippen molar-refractivity contribution in [2.24, 2.45) is 17.8 Å². The molecule has 0 amide bonds. The largest absolute Gasteiger partial charge is 0.0999 e. The van der Waals surface area contributed by atoms with Gasteiger partial charge in [0.15, 0.2) is 0 Å². The Labute approximate surface area is 76.1 Å². The maximum atomic E-state index is 4.12. The van der Waals surface area contributed by atoms with E-state index in [0.717, 1.165) is 17.8 Å². The van der Waals surface area contributed by atoms with Gasteiger partial charge in [-0.3, -0.25) is 0 Å². The minimum Gasteiger partial charge on any atom is -0.0999 e. The van der Waals surface area contributed by atoms with Gasteiger partial charge in [0.25, 0.3) is 0 Å². The van der Waals surface area contributed by atoms with Crippen molar-refractivity contribution in [3.05, 3.63) is 12.2 Å².